The van der Waals surface area contributed by atoms with Crippen molar-refractivity contribution in [3.8, 4) is 5.88 Å². The molecule has 0 bridgehead atoms. The molecule has 5 heteroatoms. The van der Waals surface area contributed by atoms with Gasteiger partial charge in [-0.25, -0.2) is 4.98 Å². The number of hydrogen-bond acceptors (Lipinski definition) is 3. The number of nitrogens with zero attached hydrogens (tertiary/aromatic N) is 1. The van der Waals surface area contributed by atoms with Crippen LogP contribution < -0.4 is 10.5 Å². The topological polar surface area (TPSA) is 48.1 Å². The normalized spacial score (nSPS) is 8.42. The maximum atomic E-state index is 5.36. The van der Waals surface area contributed by atoms with Crippen LogP contribution in [-0.4, -0.2) is 17.1 Å². The summed E-state index contributed by atoms with van der Waals surface area (Å²) in [6, 6.07) is 3.49. The molecule has 1 aromatic rings. The van der Waals surface area contributed by atoms with Crippen LogP contribution in [0.1, 0.15) is 5.56 Å². The zero-order chi connectivity index (χ0) is 8.27. The monoisotopic (exact) mass is 204 g/mol. The predicted molar refractivity (Wildman–Crippen MR) is 53.9 cm³/mol. The van der Waals surface area contributed by atoms with Gasteiger partial charge in [0.15, 0.2) is 0 Å². The molecule has 1 rings (SSSR count). The smallest absolute Gasteiger partial charge is 0.212 e. The van der Waals surface area contributed by atoms with E-state index in [-0.39, 0.29) is 12.4 Å². The molecule has 0 amide bonds. The van der Waals surface area contributed by atoms with Gasteiger partial charge in [-0.3, -0.25) is 0 Å². The first-order valence-electron chi connectivity index (χ1n) is 3.04. The molecule has 0 unspecified atom stereocenters. The zero-order valence-electron chi connectivity index (χ0n) is 6.48. The van der Waals surface area contributed by atoms with Crippen LogP contribution in [0.2, 0.25) is 0 Å². The highest BCUT2D eigenvalue weighted by Gasteiger charge is 1.96. The minimum absolute atomic E-state index is 0. The van der Waals surface area contributed by atoms with E-state index in [2.05, 4.69) is 4.98 Å². The first kappa shape index (κ1) is 11.1. The Balaban J connectivity index is 0.00000121. The third-order valence-electron chi connectivity index (χ3n) is 1.23. The van der Waals surface area contributed by atoms with Crippen molar-refractivity contribution in [3.63, 3.8) is 0 Å². The highest BCUT2D eigenvalue weighted by molar-refractivity contribution is 7.80. The molecule has 1 heterocycles. The van der Waals surface area contributed by atoms with Gasteiger partial charge in [0.05, 0.1) is 7.11 Å². The maximum Gasteiger partial charge on any atom is 0.212 e. The molecule has 0 aliphatic heterocycles. The first-order valence-corrected chi connectivity index (χ1v) is 3.44. The summed E-state index contributed by atoms with van der Waals surface area (Å²) < 4.78 is 4.85. The van der Waals surface area contributed by atoms with E-state index in [1.165, 1.54) is 0 Å². The number of hydrogen-bond donors (Lipinski definition) is 1. The Kier molecular flexibility index (Phi) is 4.54. The number of ether oxygens (including phenoxy) is 1. The Morgan fingerprint density at radius 2 is 2.25 bits per heavy atom. The van der Waals surface area contributed by atoms with Gasteiger partial charge in [-0.15, -0.1) is 12.4 Å². The van der Waals surface area contributed by atoms with Gasteiger partial charge in [0.25, 0.3) is 0 Å². The van der Waals surface area contributed by atoms with Crippen molar-refractivity contribution in [3.05, 3.63) is 23.9 Å². The Morgan fingerprint density at radius 3 is 2.58 bits per heavy atom. The molecule has 0 atom stereocenters. The molecule has 2 N–H and O–H groups in total. The lowest BCUT2D eigenvalue weighted by atomic mass is 10.3. The largest absolute Gasteiger partial charge is 0.481 e. The van der Waals surface area contributed by atoms with E-state index < -0.39 is 0 Å². The molecule has 0 saturated carbocycles. The van der Waals surface area contributed by atoms with E-state index in [1.54, 1.807) is 25.4 Å². The molecule has 0 saturated heterocycles. The van der Waals surface area contributed by atoms with Gasteiger partial charge < -0.3 is 10.5 Å². The molecule has 0 aliphatic rings. The van der Waals surface area contributed by atoms with E-state index in [1.807, 2.05) is 0 Å². The van der Waals surface area contributed by atoms with E-state index in [4.69, 9.17) is 22.7 Å². The second-order valence-electron chi connectivity index (χ2n) is 1.95. The summed E-state index contributed by atoms with van der Waals surface area (Å²) in [5.41, 5.74) is 6.11. The fourth-order valence-corrected chi connectivity index (χ4v) is 0.768. The van der Waals surface area contributed by atoms with Crippen LogP contribution >= 0.6 is 24.6 Å². The molecule has 0 aromatic carbocycles. The minimum atomic E-state index is 0. The Morgan fingerprint density at radius 1 is 1.58 bits per heavy atom. The number of rotatable bonds is 2. The Bertz CT molecular complexity index is 263. The quantitative estimate of drug-likeness (QED) is 0.735. The lowest BCUT2D eigenvalue weighted by Crippen LogP contribution is -2.09. The molecule has 3 nitrogen and oxygen atoms in total. The number of halogens is 1. The molecule has 0 aliphatic carbocycles. The summed E-state index contributed by atoms with van der Waals surface area (Å²) in [5, 5.41) is 0. The average molecular weight is 205 g/mol. The fraction of sp³-hybridized carbons (Fsp3) is 0.143. The number of nitrogens with two attached hydrogens (primary N) is 1. The number of aromatic nitrogens is 1. The van der Waals surface area contributed by atoms with Crippen molar-refractivity contribution in [1.29, 1.82) is 0 Å². The Hall–Kier alpha value is -0.870. The molecular weight excluding hydrogens is 196 g/mol. The van der Waals surface area contributed by atoms with Gasteiger partial charge in [-0.05, 0) is 6.07 Å². The van der Waals surface area contributed by atoms with E-state index in [0.29, 0.717) is 10.9 Å². The number of thiocarbonyl (C=S) groups is 1. The summed E-state index contributed by atoms with van der Waals surface area (Å²) >= 11 is 4.74. The predicted octanol–water partition coefficient (Wildman–Crippen LogP) is 1.15. The first-order chi connectivity index (χ1) is 5.24. The second-order valence-corrected chi connectivity index (χ2v) is 2.39. The van der Waals surface area contributed by atoms with Gasteiger partial charge in [-0.2, -0.15) is 0 Å². The zero-order valence-corrected chi connectivity index (χ0v) is 8.11. The molecule has 66 valence electrons. The fourth-order valence-electron chi connectivity index (χ4n) is 0.647. The van der Waals surface area contributed by atoms with E-state index in [9.17, 15) is 0 Å². The standard InChI is InChI=1S/C7H8N2OS.ClH/c1-10-6-3-2-5(4-9-6)7(8)11;/h2-4H,1H3,(H2,8,11);1H. The van der Waals surface area contributed by atoms with Crippen molar-refractivity contribution < 1.29 is 4.74 Å². The van der Waals surface area contributed by atoms with Crippen LogP contribution in [0.25, 0.3) is 0 Å². The van der Waals surface area contributed by atoms with Gasteiger partial charge in [0, 0.05) is 17.8 Å². The van der Waals surface area contributed by atoms with Crippen molar-refractivity contribution in [2.24, 2.45) is 5.73 Å². The van der Waals surface area contributed by atoms with Crippen LogP contribution in [0.15, 0.2) is 18.3 Å². The SMILES string of the molecule is COc1ccc(C(N)=S)cn1.Cl. The third-order valence-corrected chi connectivity index (χ3v) is 1.47. The van der Waals surface area contributed by atoms with Crippen LogP contribution in [-0.2, 0) is 0 Å². The van der Waals surface area contributed by atoms with Crippen LogP contribution in [0.3, 0.4) is 0 Å². The maximum absolute atomic E-state index is 5.36. The molecule has 0 spiro atoms. The van der Waals surface area contributed by atoms with Crippen molar-refractivity contribution in [2.45, 2.75) is 0 Å². The third kappa shape index (κ3) is 2.64. The lowest BCUT2D eigenvalue weighted by molar-refractivity contribution is 0.398. The van der Waals surface area contributed by atoms with E-state index in [0.717, 1.165) is 5.56 Å². The number of methoxy groups -OCH3 is 1. The average Bonchev–Trinajstić information content (AvgIpc) is 2.05. The summed E-state index contributed by atoms with van der Waals surface area (Å²) in [6.07, 6.45) is 1.58. The van der Waals surface area contributed by atoms with Gasteiger partial charge in [0.2, 0.25) is 5.88 Å². The van der Waals surface area contributed by atoms with Crippen molar-refractivity contribution >= 4 is 29.6 Å². The van der Waals surface area contributed by atoms with Crippen LogP contribution in [0, 0.1) is 0 Å². The summed E-state index contributed by atoms with van der Waals surface area (Å²) in [4.78, 5) is 4.28. The second kappa shape index (κ2) is 4.90. The number of pyridine rings is 1. The van der Waals surface area contributed by atoms with Gasteiger partial charge >= 0.3 is 0 Å². The highest BCUT2D eigenvalue weighted by atomic mass is 35.5. The van der Waals surface area contributed by atoms with Crippen LogP contribution in [0.5, 0.6) is 5.88 Å². The minimum Gasteiger partial charge on any atom is -0.481 e. The summed E-state index contributed by atoms with van der Waals surface area (Å²) in [6.45, 7) is 0. The molecule has 1 aromatic heterocycles. The molecule has 0 fully saturated rings. The van der Waals surface area contributed by atoms with E-state index >= 15 is 0 Å². The lowest BCUT2D eigenvalue weighted by Gasteiger charge is -1.99. The van der Waals surface area contributed by atoms with Crippen molar-refractivity contribution in [2.75, 3.05) is 7.11 Å². The molecule has 0 radical (unpaired) electrons. The van der Waals surface area contributed by atoms with Gasteiger partial charge in [-0.1, -0.05) is 12.2 Å². The highest BCUT2D eigenvalue weighted by Crippen LogP contribution is 2.05. The molecular formula is C7H9ClN2OS. The summed E-state index contributed by atoms with van der Waals surface area (Å²) in [7, 11) is 1.56. The summed E-state index contributed by atoms with van der Waals surface area (Å²) in [5.74, 6) is 0.560. The Labute approximate surface area is 82.3 Å². The van der Waals surface area contributed by atoms with Crippen LogP contribution in [0.4, 0.5) is 0 Å². The molecule has 12 heavy (non-hydrogen) atoms. The van der Waals surface area contributed by atoms with Gasteiger partial charge in [0.1, 0.15) is 4.99 Å². The van der Waals surface area contributed by atoms with Crippen molar-refractivity contribution in [1.82, 2.24) is 4.98 Å².